The van der Waals surface area contributed by atoms with Crippen LogP contribution < -0.4 is 10.1 Å². The van der Waals surface area contributed by atoms with Crippen molar-refractivity contribution in [2.24, 2.45) is 23.2 Å². The molecule has 2 amide bonds. The third-order valence-corrected chi connectivity index (χ3v) is 9.97. The molecule has 1 aliphatic heterocycles. The van der Waals surface area contributed by atoms with Crippen molar-refractivity contribution in [3.63, 3.8) is 0 Å². The Morgan fingerprint density at radius 3 is 2.45 bits per heavy atom. The van der Waals surface area contributed by atoms with Gasteiger partial charge >= 0.3 is 0 Å². The van der Waals surface area contributed by atoms with Crippen LogP contribution in [0.15, 0.2) is 35.9 Å². The van der Waals surface area contributed by atoms with Crippen LogP contribution in [0.2, 0.25) is 0 Å². The van der Waals surface area contributed by atoms with Crippen molar-refractivity contribution in [2.45, 2.75) is 88.9 Å². The third-order valence-electron chi connectivity index (χ3n) is 9.97. The van der Waals surface area contributed by atoms with Gasteiger partial charge in [-0.1, -0.05) is 31.5 Å². The summed E-state index contributed by atoms with van der Waals surface area (Å²) >= 11 is 0. The molecular weight excluding hydrogens is 480 g/mol. The number of benzene rings is 1. The second-order valence-electron chi connectivity index (χ2n) is 12.7. The van der Waals surface area contributed by atoms with E-state index in [0.717, 1.165) is 36.2 Å². The summed E-state index contributed by atoms with van der Waals surface area (Å²) in [7, 11) is 0. The quantitative estimate of drug-likeness (QED) is 0.461. The Labute approximate surface area is 225 Å². The highest BCUT2D eigenvalue weighted by Gasteiger charge is 2.54. The predicted molar refractivity (Wildman–Crippen MR) is 143 cm³/mol. The van der Waals surface area contributed by atoms with E-state index in [1.807, 2.05) is 35.2 Å². The third kappa shape index (κ3) is 4.56. The normalized spacial score (nSPS) is 36.2. The first kappa shape index (κ1) is 25.9. The van der Waals surface area contributed by atoms with Crippen molar-refractivity contribution < 1.29 is 24.5 Å². The summed E-state index contributed by atoms with van der Waals surface area (Å²) in [5.41, 5.74) is 1.51. The molecule has 1 aromatic rings. The van der Waals surface area contributed by atoms with E-state index in [0.29, 0.717) is 24.3 Å². The molecule has 4 atom stereocenters. The molecule has 3 N–H and O–H groups in total. The molecule has 7 nitrogen and oxygen atoms in total. The highest BCUT2D eigenvalue weighted by molar-refractivity contribution is 5.96. The molecule has 206 valence electrons. The molecule has 4 fully saturated rings. The van der Waals surface area contributed by atoms with Gasteiger partial charge in [0.1, 0.15) is 18.0 Å². The minimum absolute atomic E-state index is 0.0620. The predicted octanol–water partition coefficient (Wildman–Crippen LogP) is 3.54. The number of aliphatic hydroxyl groups excluding tert-OH is 2. The van der Waals surface area contributed by atoms with E-state index in [1.54, 1.807) is 0 Å². The molecule has 7 rings (SSSR count). The van der Waals surface area contributed by atoms with Crippen molar-refractivity contribution >= 4 is 11.8 Å². The van der Waals surface area contributed by atoms with Gasteiger partial charge in [0, 0.05) is 30.6 Å². The number of amides is 2. The van der Waals surface area contributed by atoms with Gasteiger partial charge in [0.25, 0.3) is 0 Å². The van der Waals surface area contributed by atoms with Gasteiger partial charge in [0.05, 0.1) is 18.6 Å². The lowest BCUT2D eigenvalue weighted by molar-refractivity contribution is -0.145. The molecule has 4 bridgehead atoms. The van der Waals surface area contributed by atoms with Crippen molar-refractivity contribution in [2.75, 3.05) is 19.7 Å². The van der Waals surface area contributed by atoms with E-state index in [-0.39, 0.29) is 30.4 Å². The smallest absolute Gasteiger partial charge is 0.247 e. The van der Waals surface area contributed by atoms with E-state index < -0.39 is 24.2 Å². The Kier molecular flexibility index (Phi) is 7.02. The molecule has 4 unspecified atom stereocenters. The summed E-state index contributed by atoms with van der Waals surface area (Å²) in [6, 6.07) is 7.00. The minimum atomic E-state index is -0.943. The first-order chi connectivity index (χ1) is 18.4. The van der Waals surface area contributed by atoms with Crippen LogP contribution >= 0.6 is 0 Å². The lowest BCUT2D eigenvalue weighted by Gasteiger charge is -2.58. The number of nitrogens with zero attached hydrogens (tertiary/aromatic N) is 1. The lowest BCUT2D eigenvalue weighted by Crippen LogP contribution is -2.59. The molecule has 7 heteroatoms. The Hall–Kier alpha value is -2.38. The number of para-hydroxylation sites is 1. The van der Waals surface area contributed by atoms with Gasteiger partial charge in [-0.05, 0) is 80.3 Å². The number of rotatable bonds is 9. The van der Waals surface area contributed by atoms with Crippen LogP contribution in [0, 0.1) is 23.2 Å². The maximum Gasteiger partial charge on any atom is 0.247 e. The summed E-state index contributed by atoms with van der Waals surface area (Å²) < 4.78 is 6.28. The van der Waals surface area contributed by atoms with Crippen molar-refractivity contribution in [1.29, 1.82) is 0 Å². The Bertz CT molecular complexity index is 1060. The molecule has 5 aliphatic carbocycles. The highest BCUT2D eigenvalue weighted by atomic mass is 16.5. The monoisotopic (exact) mass is 522 g/mol. The maximum absolute atomic E-state index is 13.8. The van der Waals surface area contributed by atoms with Gasteiger partial charge in [0.15, 0.2) is 0 Å². The van der Waals surface area contributed by atoms with Gasteiger partial charge in [-0.3, -0.25) is 9.59 Å². The van der Waals surface area contributed by atoms with Crippen LogP contribution in [-0.2, 0) is 9.59 Å². The van der Waals surface area contributed by atoms with E-state index in [9.17, 15) is 19.8 Å². The Morgan fingerprint density at radius 2 is 1.79 bits per heavy atom. The van der Waals surface area contributed by atoms with E-state index >= 15 is 0 Å². The number of hydrogen-bond acceptors (Lipinski definition) is 5. The number of carbonyl (C=O) groups excluding carboxylic acids is 2. The Morgan fingerprint density at radius 1 is 1.11 bits per heavy atom. The fourth-order valence-electron chi connectivity index (χ4n) is 8.87. The van der Waals surface area contributed by atoms with Crippen molar-refractivity contribution in [3.8, 4) is 5.75 Å². The van der Waals surface area contributed by atoms with Crippen LogP contribution in [0.1, 0.15) is 76.2 Å². The van der Waals surface area contributed by atoms with Gasteiger partial charge < -0.3 is 25.2 Å². The molecule has 1 heterocycles. The number of nitrogens with one attached hydrogen (secondary N) is 1. The van der Waals surface area contributed by atoms with Crippen molar-refractivity contribution in [3.05, 3.63) is 41.5 Å². The van der Waals surface area contributed by atoms with Crippen LogP contribution in [-0.4, -0.2) is 64.9 Å². The zero-order valence-corrected chi connectivity index (χ0v) is 22.5. The standard InChI is InChI=1S/C31H42N2O5/c1-2-3-8-26(35)33(18-31-15-19-11-20(16-31)13-21(12-19)17-31)24-14-23(30(37)32-9-10-34)27-22-6-4-5-7-25(22)38-29(27)28(24)36/h4-7,14,19-21,24,27-29,34,36H,2-3,8-13,15-18H2,1H3,(H,32,37). The zero-order chi connectivity index (χ0) is 26.4. The molecule has 38 heavy (non-hydrogen) atoms. The fraction of sp³-hybridized carbons (Fsp3) is 0.677. The summed E-state index contributed by atoms with van der Waals surface area (Å²) in [5, 5.41) is 24.0. The van der Waals surface area contributed by atoms with Crippen molar-refractivity contribution in [1.82, 2.24) is 10.2 Å². The number of fused-ring (bicyclic) bond motifs is 3. The molecule has 6 aliphatic rings. The van der Waals surface area contributed by atoms with E-state index in [4.69, 9.17) is 4.74 Å². The Balaban J connectivity index is 1.36. The molecule has 1 aromatic carbocycles. The molecule has 0 aromatic heterocycles. The molecule has 0 spiro atoms. The summed E-state index contributed by atoms with van der Waals surface area (Å²) in [4.78, 5) is 29.2. The fourth-order valence-corrected chi connectivity index (χ4v) is 8.87. The molecule has 0 saturated heterocycles. The number of carbonyl (C=O) groups is 2. The van der Waals surface area contributed by atoms with Crippen LogP contribution in [0.25, 0.3) is 0 Å². The minimum Gasteiger partial charge on any atom is -0.486 e. The largest absolute Gasteiger partial charge is 0.486 e. The average Bonchev–Trinajstić information content (AvgIpc) is 3.29. The molecule has 0 radical (unpaired) electrons. The maximum atomic E-state index is 13.8. The number of hydrogen-bond donors (Lipinski definition) is 3. The summed E-state index contributed by atoms with van der Waals surface area (Å²) in [5.74, 6) is 2.33. The molecular formula is C31H42N2O5. The number of unbranched alkanes of at least 4 members (excludes halogenated alkanes) is 1. The molecule has 4 saturated carbocycles. The van der Waals surface area contributed by atoms with Gasteiger partial charge in [0.2, 0.25) is 11.8 Å². The van der Waals surface area contributed by atoms with Gasteiger partial charge in [-0.15, -0.1) is 0 Å². The van der Waals surface area contributed by atoms with Crippen LogP contribution in [0.5, 0.6) is 5.75 Å². The number of ether oxygens (including phenoxy) is 1. The first-order valence-corrected chi connectivity index (χ1v) is 14.7. The summed E-state index contributed by atoms with van der Waals surface area (Å²) in [6.07, 6.45) is 9.94. The zero-order valence-electron chi connectivity index (χ0n) is 22.5. The van der Waals surface area contributed by atoms with Gasteiger partial charge in [-0.25, -0.2) is 0 Å². The van der Waals surface area contributed by atoms with Crippen LogP contribution in [0.3, 0.4) is 0 Å². The topological polar surface area (TPSA) is 99.1 Å². The SMILES string of the molecule is CCCCC(=O)N(CC12CC3CC(CC(C3)C1)C2)C1C=C(C(=O)NCCO)C2c3ccccc3OC2C1O. The lowest BCUT2D eigenvalue weighted by atomic mass is 9.49. The van der Waals surface area contributed by atoms with E-state index in [1.165, 1.54) is 38.5 Å². The summed E-state index contributed by atoms with van der Waals surface area (Å²) in [6.45, 7) is 2.73. The second-order valence-corrected chi connectivity index (χ2v) is 12.7. The average molecular weight is 523 g/mol. The number of aliphatic hydroxyl groups is 2. The second kappa shape index (κ2) is 10.3. The van der Waals surface area contributed by atoms with Gasteiger partial charge in [-0.2, -0.15) is 0 Å². The highest BCUT2D eigenvalue weighted by Crippen LogP contribution is 2.60. The van der Waals surface area contributed by atoms with E-state index in [2.05, 4.69) is 12.2 Å². The first-order valence-electron chi connectivity index (χ1n) is 14.7. The van der Waals surface area contributed by atoms with Crippen LogP contribution in [0.4, 0.5) is 0 Å².